The van der Waals surface area contributed by atoms with Gasteiger partial charge in [0.2, 0.25) is 5.82 Å². The van der Waals surface area contributed by atoms with Crippen LogP contribution in [0.15, 0.2) is 16.7 Å². The van der Waals surface area contributed by atoms with E-state index in [2.05, 4.69) is 19.6 Å². The SMILES string of the molecule is FC(F)(F)c1nc(-c2ccc(CN3CCC3)s2)no1. The maximum absolute atomic E-state index is 12.3. The van der Waals surface area contributed by atoms with Crippen LogP contribution in [-0.2, 0) is 12.7 Å². The van der Waals surface area contributed by atoms with Crippen LogP contribution in [0.4, 0.5) is 13.2 Å². The van der Waals surface area contributed by atoms with Gasteiger partial charge in [0.1, 0.15) is 0 Å². The number of likely N-dealkylation sites (tertiary alicyclic amines) is 1. The van der Waals surface area contributed by atoms with Crippen LogP contribution >= 0.6 is 11.3 Å². The summed E-state index contributed by atoms with van der Waals surface area (Å²) in [6, 6.07) is 3.62. The molecule has 0 spiro atoms. The Morgan fingerprint density at radius 1 is 1.32 bits per heavy atom. The standard InChI is InChI=1S/C11H10F3N3OS/c12-11(13,14)10-15-9(16-18-10)8-3-2-7(19-8)6-17-4-1-5-17/h2-3H,1,4-6H2. The minimum Gasteiger partial charge on any atom is -0.329 e. The van der Waals surface area contributed by atoms with E-state index in [1.807, 2.05) is 6.07 Å². The summed E-state index contributed by atoms with van der Waals surface area (Å²) in [5, 5.41) is 3.37. The fourth-order valence-corrected chi connectivity index (χ4v) is 2.76. The summed E-state index contributed by atoms with van der Waals surface area (Å²) in [7, 11) is 0. The molecule has 2 aromatic heterocycles. The third-order valence-electron chi connectivity index (χ3n) is 2.88. The Bertz CT molecular complexity index is 574. The van der Waals surface area contributed by atoms with Crippen LogP contribution in [0, 0.1) is 0 Å². The summed E-state index contributed by atoms with van der Waals surface area (Å²) >= 11 is 1.39. The summed E-state index contributed by atoms with van der Waals surface area (Å²) in [6.45, 7) is 2.98. The normalized spacial score (nSPS) is 16.6. The quantitative estimate of drug-likeness (QED) is 0.871. The molecule has 0 N–H and O–H groups in total. The summed E-state index contributed by atoms with van der Waals surface area (Å²) in [5.74, 6) is -1.31. The van der Waals surface area contributed by atoms with Crippen molar-refractivity contribution in [2.24, 2.45) is 0 Å². The number of alkyl halides is 3. The number of halogens is 3. The number of thiophene rings is 1. The Kier molecular flexibility index (Phi) is 3.06. The van der Waals surface area contributed by atoms with Crippen LogP contribution in [0.5, 0.6) is 0 Å². The van der Waals surface area contributed by atoms with Gasteiger partial charge in [-0.05, 0) is 31.6 Å². The highest BCUT2D eigenvalue weighted by atomic mass is 32.1. The highest BCUT2D eigenvalue weighted by Crippen LogP contribution is 2.32. The molecule has 3 heterocycles. The van der Waals surface area contributed by atoms with E-state index in [4.69, 9.17) is 0 Å². The number of aromatic nitrogens is 2. The van der Waals surface area contributed by atoms with Crippen molar-refractivity contribution in [2.75, 3.05) is 13.1 Å². The first-order chi connectivity index (χ1) is 9.02. The van der Waals surface area contributed by atoms with Crippen molar-refractivity contribution in [1.82, 2.24) is 15.0 Å². The Balaban J connectivity index is 1.76. The lowest BCUT2D eigenvalue weighted by Crippen LogP contribution is -2.35. The van der Waals surface area contributed by atoms with Gasteiger partial charge in [-0.15, -0.1) is 11.3 Å². The minimum atomic E-state index is -4.59. The maximum atomic E-state index is 12.3. The predicted octanol–water partition coefficient (Wildman–Crippen LogP) is 3.02. The van der Waals surface area contributed by atoms with Crippen LogP contribution in [0.3, 0.4) is 0 Å². The molecule has 0 bridgehead atoms. The van der Waals surface area contributed by atoms with E-state index in [0.717, 1.165) is 24.5 Å². The molecule has 3 rings (SSSR count). The molecular formula is C11H10F3N3OS. The summed E-state index contributed by atoms with van der Waals surface area (Å²) in [5.41, 5.74) is 0. The van der Waals surface area contributed by atoms with Crippen LogP contribution in [0.25, 0.3) is 10.7 Å². The molecular weight excluding hydrogens is 279 g/mol. The summed E-state index contributed by atoms with van der Waals surface area (Å²) < 4.78 is 41.3. The van der Waals surface area contributed by atoms with Gasteiger partial charge < -0.3 is 4.52 Å². The molecule has 102 valence electrons. The smallest absolute Gasteiger partial charge is 0.329 e. The van der Waals surface area contributed by atoms with E-state index in [-0.39, 0.29) is 5.82 Å². The van der Waals surface area contributed by atoms with Gasteiger partial charge in [-0.25, -0.2) is 0 Å². The van der Waals surface area contributed by atoms with Gasteiger partial charge in [-0.1, -0.05) is 5.16 Å². The second-order valence-electron chi connectivity index (χ2n) is 4.32. The highest BCUT2D eigenvalue weighted by Gasteiger charge is 2.38. The van der Waals surface area contributed by atoms with Gasteiger partial charge >= 0.3 is 12.1 Å². The second-order valence-corrected chi connectivity index (χ2v) is 5.48. The molecule has 1 aliphatic heterocycles. The lowest BCUT2D eigenvalue weighted by Gasteiger charge is -2.29. The zero-order valence-electron chi connectivity index (χ0n) is 9.78. The molecule has 0 amide bonds. The van der Waals surface area contributed by atoms with Crippen molar-refractivity contribution in [2.45, 2.75) is 19.1 Å². The third-order valence-corrected chi connectivity index (χ3v) is 3.94. The molecule has 0 unspecified atom stereocenters. The molecule has 0 aliphatic carbocycles. The molecule has 1 saturated heterocycles. The average molecular weight is 289 g/mol. The number of hydrogen-bond acceptors (Lipinski definition) is 5. The van der Waals surface area contributed by atoms with E-state index >= 15 is 0 Å². The van der Waals surface area contributed by atoms with Crippen molar-refractivity contribution >= 4 is 11.3 Å². The first-order valence-corrected chi connectivity index (χ1v) is 6.56. The third kappa shape index (κ3) is 2.64. The van der Waals surface area contributed by atoms with Gasteiger partial charge in [-0.2, -0.15) is 18.2 Å². The van der Waals surface area contributed by atoms with Gasteiger partial charge in [0.25, 0.3) is 0 Å². The fraction of sp³-hybridized carbons (Fsp3) is 0.455. The molecule has 8 heteroatoms. The predicted molar refractivity (Wildman–Crippen MR) is 62.5 cm³/mol. The molecule has 1 aliphatic rings. The zero-order chi connectivity index (χ0) is 13.5. The largest absolute Gasteiger partial charge is 0.471 e. The Morgan fingerprint density at radius 3 is 2.68 bits per heavy atom. The van der Waals surface area contributed by atoms with Crippen LogP contribution in [0.1, 0.15) is 17.2 Å². The molecule has 0 aromatic carbocycles. The Morgan fingerprint density at radius 2 is 2.11 bits per heavy atom. The average Bonchev–Trinajstić information content (AvgIpc) is 2.91. The van der Waals surface area contributed by atoms with Crippen molar-refractivity contribution in [1.29, 1.82) is 0 Å². The maximum Gasteiger partial charge on any atom is 0.471 e. The zero-order valence-corrected chi connectivity index (χ0v) is 10.6. The first kappa shape index (κ1) is 12.6. The van der Waals surface area contributed by atoms with Gasteiger partial charge in [0.05, 0.1) is 4.88 Å². The first-order valence-electron chi connectivity index (χ1n) is 5.75. The van der Waals surface area contributed by atoms with E-state index in [1.54, 1.807) is 6.07 Å². The molecule has 4 nitrogen and oxygen atoms in total. The molecule has 2 aromatic rings. The number of rotatable bonds is 3. The van der Waals surface area contributed by atoms with E-state index in [0.29, 0.717) is 4.88 Å². The van der Waals surface area contributed by atoms with Crippen LogP contribution in [-0.4, -0.2) is 28.1 Å². The van der Waals surface area contributed by atoms with E-state index < -0.39 is 12.1 Å². The lowest BCUT2D eigenvalue weighted by atomic mass is 10.2. The van der Waals surface area contributed by atoms with Crippen molar-refractivity contribution < 1.29 is 17.7 Å². The van der Waals surface area contributed by atoms with Gasteiger partial charge in [0.15, 0.2) is 0 Å². The molecule has 0 saturated carbocycles. The molecule has 1 fully saturated rings. The highest BCUT2D eigenvalue weighted by molar-refractivity contribution is 7.15. The Hall–Kier alpha value is -1.41. The molecule has 0 atom stereocenters. The monoisotopic (exact) mass is 289 g/mol. The van der Waals surface area contributed by atoms with E-state index in [9.17, 15) is 13.2 Å². The lowest BCUT2D eigenvalue weighted by molar-refractivity contribution is -0.159. The number of hydrogen-bond donors (Lipinski definition) is 0. The van der Waals surface area contributed by atoms with Gasteiger partial charge in [0, 0.05) is 11.4 Å². The molecule has 0 radical (unpaired) electrons. The fourth-order valence-electron chi connectivity index (χ4n) is 1.78. The molecule has 19 heavy (non-hydrogen) atoms. The van der Waals surface area contributed by atoms with Crippen LogP contribution in [0.2, 0.25) is 0 Å². The van der Waals surface area contributed by atoms with Gasteiger partial charge in [-0.3, -0.25) is 4.90 Å². The Labute approximate surface area is 110 Å². The topological polar surface area (TPSA) is 42.2 Å². The van der Waals surface area contributed by atoms with E-state index in [1.165, 1.54) is 17.8 Å². The van der Waals surface area contributed by atoms with Crippen molar-refractivity contribution in [3.63, 3.8) is 0 Å². The van der Waals surface area contributed by atoms with Crippen LogP contribution < -0.4 is 0 Å². The summed E-state index contributed by atoms with van der Waals surface area (Å²) in [4.78, 5) is 7.33. The second kappa shape index (κ2) is 4.61. The van der Waals surface area contributed by atoms with Crippen molar-refractivity contribution in [3.8, 4) is 10.7 Å². The van der Waals surface area contributed by atoms with Crippen molar-refractivity contribution in [3.05, 3.63) is 22.9 Å². The summed E-state index contributed by atoms with van der Waals surface area (Å²) in [6.07, 6.45) is -3.39. The number of nitrogens with zero attached hydrogens (tertiary/aromatic N) is 3. The minimum absolute atomic E-state index is 0.00724.